The summed E-state index contributed by atoms with van der Waals surface area (Å²) in [6.07, 6.45) is 5.56. The fourth-order valence-corrected chi connectivity index (χ4v) is 5.61. The molecule has 4 N–H and O–H groups in total. The van der Waals surface area contributed by atoms with Crippen LogP contribution < -0.4 is 5.73 Å². The Balaban J connectivity index is 1.50. The highest BCUT2D eigenvalue weighted by molar-refractivity contribution is 6.11. The Morgan fingerprint density at radius 2 is 1.83 bits per heavy atom. The van der Waals surface area contributed by atoms with Gasteiger partial charge in [-0.05, 0) is 74.2 Å². The minimum absolute atomic E-state index is 0.0712. The van der Waals surface area contributed by atoms with Gasteiger partial charge in [0, 0.05) is 65.5 Å². The zero-order valence-corrected chi connectivity index (χ0v) is 20.0. The smallest absolute Gasteiger partial charge is 0.270 e. The van der Waals surface area contributed by atoms with E-state index in [0.29, 0.717) is 16.9 Å². The van der Waals surface area contributed by atoms with Crippen LogP contribution in [0.15, 0.2) is 36.4 Å². The molecule has 1 fully saturated rings. The predicted molar refractivity (Wildman–Crippen MR) is 141 cm³/mol. The first-order valence-electron chi connectivity index (χ1n) is 12.4. The van der Waals surface area contributed by atoms with Crippen LogP contribution in [0.5, 0.6) is 0 Å². The number of carbonyl (C=O) groups is 1. The summed E-state index contributed by atoms with van der Waals surface area (Å²) in [6, 6.07) is 12.0. The summed E-state index contributed by atoms with van der Waals surface area (Å²) in [5.74, 6) is 0.0712. The molecular formula is C28H30N6O. The largest absolute Gasteiger partial charge is 0.398 e. The number of carbonyl (C=O) groups excluding carboxylic acids is 1. The van der Waals surface area contributed by atoms with Crippen molar-refractivity contribution in [1.82, 2.24) is 19.8 Å². The van der Waals surface area contributed by atoms with Crippen molar-refractivity contribution < 1.29 is 4.79 Å². The molecule has 2 aromatic carbocycles. The van der Waals surface area contributed by atoms with E-state index in [1.165, 1.54) is 17.3 Å². The van der Waals surface area contributed by atoms with E-state index in [4.69, 9.17) is 16.1 Å². The second kappa shape index (κ2) is 8.50. The van der Waals surface area contributed by atoms with Crippen LogP contribution in [0.2, 0.25) is 0 Å². The molecule has 1 aliphatic heterocycles. The van der Waals surface area contributed by atoms with Gasteiger partial charge in [-0.2, -0.15) is 0 Å². The van der Waals surface area contributed by atoms with E-state index in [2.05, 4.69) is 23.0 Å². The number of nitrogens with two attached hydrogens (primary N) is 1. The zero-order valence-electron chi connectivity index (χ0n) is 20.0. The number of rotatable bonds is 3. The van der Waals surface area contributed by atoms with E-state index in [0.717, 1.165) is 84.9 Å². The van der Waals surface area contributed by atoms with Gasteiger partial charge in [0.2, 0.25) is 0 Å². The predicted octanol–water partition coefficient (Wildman–Crippen LogP) is 4.23. The van der Waals surface area contributed by atoms with Crippen molar-refractivity contribution in [3.05, 3.63) is 58.8 Å². The van der Waals surface area contributed by atoms with Crippen molar-refractivity contribution in [3.63, 3.8) is 0 Å². The van der Waals surface area contributed by atoms with E-state index in [9.17, 15) is 4.79 Å². The number of aromatic nitrogens is 2. The van der Waals surface area contributed by atoms with Crippen molar-refractivity contribution >= 4 is 39.6 Å². The number of H-pyrrole nitrogens is 1. The molecule has 7 nitrogen and oxygen atoms in total. The Bertz CT molecular complexity index is 1480. The van der Waals surface area contributed by atoms with Gasteiger partial charge in [0.15, 0.2) is 0 Å². The van der Waals surface area contributed by atoms with Crippen molar-refractivity contribution in [2.45, 2.75) is 25.7 Å². The quantitative estimate of drug-likeness (QED) is 0.311. The van der Waals surface area contributed by atoms with Crippen LogP contribution >= 0.6 is 0 Å². The highest BCUT2D eigenvalue weighted by Crippen LogP contribution is 2.39. The van der Waals surface area contributed by atoms with Crippen molar-refractivity contribution in [3.8, 4) is 11.3 Å². The number of pyridine rings is 1. The molecule has 3 heterocycles. The van der Waals surface area contributed by atoms with Gasteiger partial charge in [0.25, 0.3) is 5.91 Å². The molecule has 0 radical (unpaired) electrons. The van der Waals surface area contributed by atoms with Gasteiger partial charge < -0.3 is 25.9 Å². The van der Waals surface area contributed by atoms with Crippen LogP contribution in [-0.2, 0) is 12.8 Å². The standard InChI is InChI=1S/C28H30N6O/c1-33-10-12-34(13-11-33)28(35)25-15-21-23(31-25)8-9-24-26(21)19-4-2-3-5-20(19)27(32-24)17-6-7-22(30)18(14-17)16-29/h6-9,14-16,29,31H,2-5,10-13,30H2,1H3. The van der Waals surface area contributed by atoms with Gasteiger partial charge >= 0.3 is 0 Å². The average Bonchev–Trinajstić information content (AvgIpc) is 3.33. The Morgan fingerprint density at radius 1 is 1.06 bits per heavy atom. The molecule has 1 amide bonds. The lowest BCUT2D eigenvalue weighted by atomic mass is 9.85. The Hall–Kier alpha value is -3.71. The zero-order chi connectivity index (χ0) is 24.1. The third-order valence-electron chi connectivity index (χ3n) is 7.61. The van der Waals surface area contributed by atoms with E-state index < -0.39 is 0 Å². The minimum atomic E-state index is 0.0712. The fraction of sp³-hybridized carbons (Fsp3) is 0.321. The van der Waals surface area contributed by atoms with Gasteiger partial charge in [-0.1, -0.05) is 6.07 Å². The lowest BCUT2D eigenvalue weighted by molar-refractivity contribution is 0.0659. The van der Waals surface area contributed by atoms with Crippen molar-refractivity contribution in [2.24, 2.45) is 0 Å². The molecule has 1 aliphatic carbocycles. The number of hydrogen-bond acceptors (Lipinski definition) is 5. The Labute approximate surface area is 204 Å². The number of amides is 1. The molecule has 7 heteroatoms. The summed E-state index contributed by atoms with van der Waals surface area (Å²) in [5, 5.41) is 9.95. The molecule has 0 atom stereocenters. The normalized spacial score (nSPS) is 16.5. The van der Waals surface area contributed by atoms with E-state index >= 15 is 0 Å². The molecule has 2 aromatic heterocycles. The van der Waals surface area contributed by atoms with Gasteiger partial charge in [0.1, 0.15) is 5.69 Å². The van der Waals surface area contributed by atoms with Crippen LogP contribution in [0.25, 0.3) is 33.1 Å². The molecule has 0 bridgehead atoms. The Morgan fingerprint density at radius 3 is 2.60 bits per heavy atom. The third kappa shape index (κ3) is 3.67. The number of fused-ring (bicyclic) bond motifs is 5. The first kappa shape index (κ1) is 21.8. The molecule has 4 aromatic rings. The van der Waals surface area contributed by atoms with Crippen LogP contribution in [0.3, 0.4) is 0 Å². The summed E-state index contributed by atoms with van der Waals surface area (Å²) >= 11 is 0. The maximum Gasteiger partial charge on any atom is 0.270 e. The molecule has 178 valence electrons. The van der Waals surface area contributed by atoms with Gasteiger partial charge in [-0.25, -0.2) is 4.98 Å². The monoisotopic (exact) mass is 466 g/mol. The summed E-state index contributed by atoms with van der Waals surface area (Å²) in [4.78, 5) is 26.0. The number of aromatic amines is 1. The average molecular weight is 467 g/mol. The number of nitrogens with zero attached hydrogens (tertiary/aromatic N) is 3. The number of aryl methyl sites for hydroxylation is 1. The van der Waals surface area contributed by atoms with Crippen LogP contribution in [-0.4, -0.2) is 65.1 Å². The van der Waals surface area contributed by atoms with Crippen LogP contribution in [0, 0.1) is 5.41 Å². The van der Waals surface area contributed by atoms with Crippen LogP contribution in [0.1, 0.15) is 40.0 Å². The molecule has 0 unspecified atom stereocenters. The minimum Gasteiger partial charge on any atom is -0.398 e. The summed E-state index contributed by atoms with van der Waals surface area (Å²) in [5.41, 5.74) is 14.5. The lowest BCUT2D eigenvalue weighted by Crippen LogP contribution is -2.47. The number of anilines is 1. The van der Waals surface area contributed by atoms with Gasteiger partial charge in [0.05, 0.1) is 11.2 Å². The second-order valence-corrected chi connectivity index (χ2v) is 9.81. The van der Waals surface area contributed by atoms with E-state index in [1.54, 1.807) is 0 Å². The number of nitrogens with one attached hydrogen (secondary N) is 2. The van der Waals surface area contributed by atoms with Crippen LogP contribution in [0.4, 0.5) is 5.69 Å². The number of hydrogen-bond donors (Lipinski definition) is 3. The topological polar surface area (TPSA) is 102 Å². The highest BCUT2D eigenvalue weighted by Gasteiger charge is 2.25. The molecule has 1 saturated heterocycles. The molecular weight excluding hydrogens is 436 g/mol. The van der Waals surface area contributed by atoms with Gasteiger partial charge in [-0.15, -0.1) is 0 Å². The number of benzene rings is 2. The highest BCUT2D eigenvalue weighted by atomic mass is 16.2. The number of nitrogen functional groups attached to an aromatic ring is 1. The maximum absolute atomic E-state index is 13.3. The molecule has 0 saturated carbocycles. The van der Waals surface area contributed by atoms with Gasteiger partial charge in [-0.3, -0.25) is 4.79 Å². The second-order valence-electron chi connectivity index (χ2n) is 9.81. The fourth-order valence-electron chi connectivity index (χ4n) is 5.61. The number of likely N-dealkylation sites (N-methyl/N-ethyl adjacent to an activating group) is 1. The Kier molecular flexibility index (Phi) is 5.29. The lowest BCUT2D eigenvalue weighted by Gasteiger charge is -2.32. The summed E-state index contributed by atoms with van der Waals surface area (Å²) < 4.78 is 0. The molecule has 0 spiro atoms. The first-order chi connectivity index (χ1) is 17.0. The molecule has 6 rings (SSSR count). The SMILES string of the molecule is CN1CCN(C(=O)c2cc3c(ccc4nc(-c5ccc(N)c(C=N)c5)c5c(c43)CCCC5)[nH]2)CC1. The molecule has 35 heavy (non-hydrogen) atoms. The van der Waals surface area contributed by atoms with Crippen molar-refractivity contribution in [2.75, 3.05) is 39.0 Å². The third-order valence-corrected chi connectivity index (χ3v) is 7.61. The van der Waals surface area contributed by atoms with E-state index in [-0.39, 0.29) is 5.91 Å². The summed E-state index contributed by atoms with van der Waals surface area (Å²) in [6.45, 7) is 3.32. The number of piperazine rings is 1. The summed E-state index contributed by atoms with van der Waals surface area (Å²) in [7, 11) is 2.09. The van der Waals surface area contributed by atoms with E-state index in [1.807, 2.05) is 35.2 Å². The maximum atomic E-state index is 13.3. The molecule has 2 aliphatic rings. The van der Waals surface area contributed by atoms with Crippen molar-refractivity contribution in [1.29, 1.82) is 5.41 Å². The first-order valence-corrected chi connectivity index (χ1v) is 12.4.